The van der Waals surface area contributed by atoms with Gasteiger partial charge in [-0.1, -0.05) is 42.5 Å². The Kier molecular flexibility index (Phi) is 4.42. The van der Waals surface area contributed by atoms with Crippen molar-refractivity contribution in [2.75, 3.05) is 13.1 Å². The standard InChI is InChI=1S/C19H20N2O2/c1-14-18(22)20-11-12-21(14)19(23)17-9-7-16(8-10-17)13-15-5-3-2-4-6-15/h2-10,14H,11-13H2,1H3,(H,20,22). The number of carbonyl (C=O) groups excluding carboxylic acids is 2. The predicted molar refractivity (Wildman–Crippen MR) is 89.2 cm³/mol. The summed E-state index contributed by atoms with van der Waals surface area (Å²) >= 11 is 0. The third-order valence-corrected chi connectivity index (χ3v) is 4.21. The molecule has 0 aliphatic carbocycles. The average molecular weight is 308 g/mol. The molecule has 2 amide bonds. The van der Waals surface area contributed by atoms with E-state index in [1.165, 1.54) is 5.56 Å². The normalized spacial score (nSPS) is 17.7. The Balaban J connectivity index is 1.71. The van der Waals surface area contributed by atoms with E-state index >= 15 is 0 Å². The molecule has 1 heterocycles. The number of piperazine rings is 1. The van der Waals surface area contributed by atoms with Gasteiger partial charge in [-0.2, -0.15) is 0 Å². The summed E-state index contributed by atoms with van der Waals surface area (Å²) in [4.78, 5) is 25.9. The first kappa shape index (κ1) is 15.3. The molecule has 1 N–H and O–H groups in total. The number of hydrogen-bond acceptors (Lipinski definition) is 2. The molecule has 1 unspecified atom stereocenters. The van der Waals surface area contributed by atoms with Crippen LogP contribution in [0.15, 0.2) is 54.6 Å². The van der Waals surface area contributed by atoms with Crippen molar-refractivity contribution < 1.29 is 9.59 Å². The Hall–Kier alpha value is -2.62. The Morgan fingerprint density at radius 3 is 2.43 bits per heavy atom. The fraction of sp³-hybridized carbons (Fsp3) is 0.263. The summed E-state index contributed by atoms with van der Waals surface area (Å²) in [7, 11) is 0. The molecule has 1 aliphatic rings. The van der Waals surface area contributed by atoms with Crippen molar-refractivity contribution in [3.05, 3.63) is 71.3 Å². The van der Waals surface area contributed by atoms with Crippen LogP contribution in [0.1, 0.15) is 28.4 Å². The summed E-state index contributed by atoms with van der Waals surface area (Å²) in [6.45, 7) is 2.83. The van der Waals surface area contributed by atoms with Crippen molar-refractivity contribution in [3.8, 4) is 0 Å². The molecule has 4 heteroatoms. The van der Waals surface area contributed by atoms with Crippen LogP contribution < -0.4 is 5.32 Å². The van der Waals surface area contributed by atoms with Crippen molar-refractivity contribution >= 4 is 11.8 Å². The van der Waals surface area contributed by atoms with Crippen LogP contribution in [0.4, 0.5) is 0 Å². The van der Waals surface area contributed by atoms with Crippen LogP contribution in [0.5, 0.6) is 0 Å². The highest BCUT2D eigenvalue weighted by Gasteiger charge is 2.29. The highest BCUT2D eigenvalue weighted by Crippen LogP contribution is 2.14. The number of hydrogen-bond donors (Lipinski definition) is 1. The Bertz CT molecular complexity index is 695. The van der Waals surface area contributed by atoms with Gasteiger partial charge in [0.1, 0.15) is 6.04 Å². The Morgan fingerprint density at radius 2 is 1.74 bits per heavy atom. The van der Waals surface area contributed by atoms with Gasteiger partial charge in [0.15, 0.2) is 0 Å². The first-order valence-corrected chi connectivity index (χ1v) is 7.87. The van der Waals surface area contributed by atoms with Crippen LogP contribution in [-0.2, 0) is 11.2 Å². The lowest BCUT2D eigenvalue weighted by Gasteiger charge is -2.32. The highest BCUT2D eigenvalue weighted by atomic mass is 16.2. The summed E-state index contributed by atoms with van der Waals surface area (Å²) in [5.74, 6) is -0.177. The monoisotopic (exact) mass is 308 g/mol. The van der Waals surface area contributed by atoms with Gasteiger partial charge in [-0.3, -0.25) is 9.59 Å². The molecule has 1 aliphatic heterocycles. The first-order chi connectivity index (χ1) is 11.1. The zero-order valence-corrected chi connectivity index (χ0v) is 13.2. The molecule has 23 heavy (non-hydrogen) atoms. The first-order valence-electron chi connectivity index (χ1n) is 7.87. The van der Waals surface area contributed by atoms with Gasteiger partial charge >= 0.3 is 0 Å². The van der Waals surface area contributed by atoms with E-state index in [-0.39, 0.29) is 11.8 Å². The molecule has 1 atom stereocenters. The second-order valence-corrected chi connectivity index (χ2v) is 5.82. The van der Waals surface area contributed by atoms with E-state index < -0.39 is 6.04 Å². The fourth-order valence-electron chi connectivity index (χ4n) is 2.82. The van der Waals surface area contributed by atoms with Crippen molar-refractivity contribution in [1.29, 1.82) is 0 Å². The smallest absolute Gasteiger partial charge is 0.254 e. The third-order valence-electron chi connectivity index (χ3n) is 4.21. The minimum atomic E-state index is -0.416. The molecule has 1 fully saturated rings. The van der Waals surface area contributed by atoms with E-state index in [1.54, 1.807) is 11.8 Å². The molecule has 0 aromatic heterocycles. The minimum Gasteiger partial charge on any atom is -0.353 e. The van der Waals surface area contributed by atoms with Gasteiger partial charge in [0.05, 0.1) is 0 Å². The summed E-state index contributed by atoms with van der Waals surface area (Å²) in [5, 5.41) is 2.77. The summed E-state index contributed by atoms with van der Waals surface area (Å²) < 4.78 is 0. The number of rotatable bonds is 3. The van der Waals surface area contributed by atoms with Gasteiger partial charge in [-0.25, -0.2) is 0 Å². The van der Waals surface area contributed by atoms with Gasteiger partial charge in [0.25, 0.3) is 5.91 Å². The summed E-state index contributed by atoms with van der Waals surface area (Å²) in [6, 6.07) is 17.5. The zero-order chi connectivity index (χ0) is 16.2. The Labute approximate surface area is 136 Å². The average Bonchev–Trinajstić information content (AvgIpc) is 2.58. The van der Waals surface area contributed by atoms with E-state index in [4.69, 9.17) is 0 Å². The molecule has 0 spiro atoms. The minimum absolute atomic E-state index is 0.0846. The lowest BCUT2D eigenvalue weighted by atomic mass is 10.0. The summed E-state index contributed by atoms with van der Waals surface area (Å²) in [6.07, 6.45) is 0.845. The number of benzene rings is 2. The van der Waals surface area contributed by atoms with Crippen LogP contribution in [0.3, 0.4) is 0 Å². The SMILES string of the molecule is CC1C(=O)NCCN1C(=O)c1ccc(Cc2ccccc2)cc1. The van der Waals surface area contributed by atoms with E-state index in [0.29, 0.717) is 18.7 Å². The van der Waals surface area contributed by atoms with Crippen molar-refractivity contribution in [3.63, 3.8) is 0 Å². The van der Waals surface area contributed by atoms with Gasteiger partial charge in [0, 0.05) is 18.7 Å². The lowest BCUT2D eigenvalue weighted by Crippen LogP contribution is -2.55. The maximum absolute atomic E-state index is 12.6. The van der Waals surface area contributed by atoms with Crippen molar-refractivity contribution in [2.45, 2.75) is 19.4 Å². The molecule has 0 radical (unpaired) electrons. The van der Waals surface area contributed by atoms with Gasteiger partial charge in [-0.05, 0) is 36.6 Å². The number of carbonyl (C=O) groups is 2. The maximum atomic E-state index is 12.6. The van der Waals surface area contributed by atoms with Crippen molar-refractivity contribution in [1.82, 2.24) is 10.2 Å². The molecule has 0 saturated carbocycles. The molecule has 3 rings (SSSR count). The van der Waals surface area contributed by atoms with Gasteiger partial charge in [0.2, 0.25) is 5.91 Å². The van der Waals surface area contributed by atoms with Crippen LogP contribution >= 0.6 is 0 Å². The number of nitrogens with zero attached hydrogens (tertiary/aromatic N) is 1. The van der Waals surface area contributed by atoms with Gasteiger partial charge in [-0.15, -0.1) is 0 Å². The zero-order valence-electron chi connectivity index (χ0n) is 13.2. The van der Waals surface area contributed by atoms with Gasteiger partial charge < -0.3 is 10.2 Å². The predicted octanol–water partition coefficient (Wildman–Crippen LogP) is 2.24. The molecular formula is C19H20N2O2. The second-order valence-electron chi connectivity index (χ2n) is 5.82. The second kappa shape index (κ2) is 6.65. The number of nitrogens with one attached hydrogen (secondary N) is 1. The van der Waals surface area contributed by atoms with Crippen molar-refractivity contribution in [2.24, 2.45) is 0 Å². The molecule has 0 bridgehead atoms. The molecule has 118 valence electrons. The van der Waals surface area contributed by atoms with Crippen LogP contribution in [0, 0.1) is 0 Å². The number of amides is 2. The lowest BCUT2D eigenvalue weighted by molar-refractivity contribution is -0.127. The maximum Gasteiger partial charge on any atom is 0.254 e. The fourth-order valence-corrected chi connectivity index (χ4v) is 2.82. The Morgan fingerprint density at radius 1 is 1.09 bits per heavy atom. The molecule has 1 saturated heterocycles. The van der Waals surface area contributed by atoms with E-state index in [2.05, 4.69) is 17.4 Å². The molecule has 2 aromatic carbocycles. The van der Waals surface area contributed by atoms with Crippen LogP contribution in [-0.4, -0.2) is 35.8 Å². The largest absolute Gasteiger partial charge is 0.353 e. The molecule has 4 nitrogen and oxygen atoms in total. The van der Waals surface area contributed by atoms with Crippen LogP contribution in [0.2, 0.25) is 0 Å². The third kappa shape index (κ3) is 3.42. The topological polar surface area (TPSA) is 49.4 Å². The highest BCUT2D eigenvalue weighted by molar-refractivity contribution is 5.98. The van der Waals surface area contributed by atoms with Crippen LogP contribution in [0.25, 0.3) is 0 Å². The summed E-state index contributed by atoms with van der Waals surface area (Å²) in [5.41, 5.74) is 3.04. The molecule has 2 aromatic rings. The van der Waals surface area contributed by atoms with E-state index in [9.17, 15) is 9.59 Å². The quantitative estimate of drug-likeness (QED) is 0.945. The van der Waals surface area contributed by atoms with E-state index in [0.717, 1.165) is 12.0 Å². The molecular weight excluding hydrogens is 288 g/mol. The van der Waals surface area contributed by atoms with E-state index in [1.807, 2.05) is 42.5 Å².